The van der Waals surface area contributed by atoms with Crippen LogP contribution in [-0.2, 0) is 4.74 Å². The molecule has 0 aliphatic rings. The lowest BCUT2D eigenvalue weighted by molar-refractivity contribution is 0.00695. The summed E-state index contributed by atoms with van der Waals surface area (Å²) in [5, 5.41) is 0.480. The molecule has 75 valence electrons. The van der Waals surface area contributed by atoms with Gasteiger partial charge in [-0.05, 0) is 45.0 Å². The van der Waals surface area contributed by atoms with E-state index in [0.717, 1.165) is 0 Å². The van der Waals surface area contributed by atoms with E-state index in [1.54, 1.807) is 18.2 Å². The summed E-state index contributed by atoms with van der Waals surface area (Å²) < 4.78 is 5.16. The second-order valence-electron chi connectivity index (χ2n) is 3.94. The first-order chi connectivity index (χ1) is 6.38. The van der Waals surface area contributed by atoms with Crippen molar-refractivity contribution in [1.82, 2.24) is 0 Å². The molecule has 0 amide bonds. The van der Waals surface area contributed by atoms with Gasteiger partial charge >= 0.3 is 5.97 Å². The number of ether oxygens (including phenoxy) is 1. The molecule has 0 bridgehead atoms. The standard InChI is InChI=1S/C11H12ClO2/c1-11(2,3)14-10(13)8-5-4-6-9(12)7-8/h5-7H,1-3H3. The van der Waals surface area contributed by atoms with Crippen LogP contribution in [0.3, 0.4) is 0 Å². The molecule has 1 rings (SSSR count). The summed E-state index contributed by atoms with van der Waals surface area (Å²) in [6, 6.07) is 7.47. The van der Waals surface area contributed by atoms with Gasteiger partial charge in [-0.25, -0.2) is 4.79 Å². The van der Waals surface area contributed by atoms with Gasteiger partial charge in [0, 0.05) is 5.02 Å². The zero-order valence-corrected chi connectivity index (χ0v) is 9.18. The van der Waals surface area contributed by atoms with E-state index in [-0.39, 0.29) is 5.97 Å². The maximum absolute atomic E-state index is 11.5. The summed E-state index contributed by atoms with van der Waals surface area (Å²) in [4.78, 5) is 11.5. The van der Waals surface area contributed by atoms with Crippen molar-refractivity contribution in [3.8, 4) is 0 Å². The fraction of sp³-hybridized carbons (Fsp3) is 0.364. The van der Waals surface area contributed by atoms with Crippen LogP contribution in [0, 0.1) is 6.07 Å². The zero-order chi connectivity index (χ0) is 10.8. The lowest BCUT2D eigenvalue weighted by atomic mass is 10.2. The Morgan fingerprint density at radius 1 is 1.43 bits per heavy atom. The molecule has 0 saturated heterocycles. The first kappa shape index (κ1) is 11.1. The van der Waals surface area contributed by atoms with Gasteiger partial charge in [0.25, 0.3) is 0 Å². The molecule has 0 saturated carbocycles. The Morgan fingerprint density at radius 3 is 2.57 bits per heavy atom. The van der Waals surface area contributed by atoms with Gasteiger partial charge in [0.2, 0.25) is 0 Å². The Labute approximate surface area is 88.8 Å². The molecule has 1 aromatic carbocycles. The normalized spacial score (nSPS) is 11.1. The van der Waals surface area contributed by atoms with E-state index in [0.29, 0.717) is 10.6 Å². The molecule has 1 radical (unpaired) electrons. The number of hydrogen-bond donors (Lipinski definition) is 0. The summed E-state index contributed by atoms with van der Waals surface area (Å²) in [6.07, 6.45) is 0. The van der Waals surface area contributed by atoms with E-state index in [9.17, 15) is 4.79 Å². The highest BCUT2D eigenvalue weighted by molar-refractivity contribution is 6.30. The molecule has 3 heteroatoms. The lowest BCUT2D eigenvalue weighted by Gasteiger charge is -2.19. The van der Waals surface area contributed by atoms with Crippen molar-refractivity contribution in [2.24, 2.45) is 0 Å². The number of hydrogen-bond acceptors (Lipinski definition) is 2. The van der Waals surface area contributed by atoms with Gasteiger partial charge < -0.3 is 4.74 Å². The maximum atomic E-state index is 11.5. The Hall–Kier alpha value is -1.02. The first-order valence-corrected chi connectivity index (χ1v) is 4.66. The highest BCUT2D eigenvalue weighted by Gasteiger charge is 2.17. The fourth-order valence-electron chi connectivity index (χ4n) is 0.898. The molecule has 0 atom stereocenters. The van der Waals surface area contributed by atoms with Crippen LogP contribution < -0.4 is 0 Å². The summed E-state index contributed by atoms with van der Waals surface area (Å²) in [5.74, 6) is -0.378. The number of benzene rings is 1. The minimum atomic E-state index is -0.487. The summed E-state index contributed by atoms with van der Waals surface area (Å²) in [6.45, 7) is 5.46. The van der Waals surface area contributed by atoms with Gasteiger partial charge in [-0.1, -0.05) is 11.6 Å². The zero-order valence-electron chi connectivity index (χ0n) is 8.43. The maximum Gasteiger partial charge on any atom is 0.338 e. The van der Waals surface area contributed by atoms with Crippen LogP contribution in [0.4, 0.5) is 0 Å². The Morgan fingerprint density at radius 2 is 2.07 bits per heavy atom. The molecule has 14 heavy (non-hydrogen) atoms. The monoisotopic (exact) mass is 211 g/mol. The predicted molar refractivity (Wildman–Crippen MR) is 55.5 cm³/mol. The third kappa shape index (κ3) is 3.38. The predicted octanol–water partition coefficient (Wildman–Crippen LogP) is 3.10. The molecule has 2 nitrogen and oxygen atoms in total. The van der Waals surface area contributed by atoms with Crippen molar-refractivity contribution in [2.45, 2.75) is 26.4 Å². The van der Waals surface area contributed by atoms with Crippen LogP contribution >= 0.6 is 11.6 Å². The average Bonchev–Trinajstić information content (AvgIpc) is 2.01. The van der Waals surface area contributed by atoms with Crippen molar-refractivity contribution < 1.29 is 9.53 Å². The third-order valence-corrected chi connectivity index (χ3v) is 1.61. The van der Waals surface area contributed by atoms with Crippen LogP contribution in [-0.4, -0.2) is 11.6 Å². The molecule has 0 N–H and O–H groups in total. The molecule has 0 aliphatic heterocycles. The van der Waals surface area contributed by atoms with E-state index in [2.05, 4.69) is 6.07 Å². The summed E-state index contributed by atoms with van der Waals surface area (Å²) >= 11 is 5.72. The number of esters is 1. The van der Waals surface area contributed by atoms with Crippen LogP contribution in [0.25, 0.3) is 0 Å². The van der Waals surface area contributed by atoms with Gasteiger partial charge in [-0.3, -0.25) is 0 Å². The van der Waals surface area contributed by atoms with E-state index >= 15 is 0 Å². The quantitative estimate of drug-likeness (QED) is 0.668. The van der Waals surface area contributed by atoms with Crippen molar-refractivity contribution >= 4 is 17.6 Å². The topological polar surface area (TPSA) is 26.3 Å². The van der Waals surface area contributed by atoms with Gasteiger partial charge in [0.15, 0.2) is 0 Å². The number of carbonyl (C=O) groups is 1. The third-order valence-electron chi connectivity index (χ3n) is 1.39. The van der Waals surface area contributed by atoms with Gasteiger partial charge in [0.05, 0.1) is 5.56 Å². The molecule has 0 unspecified atom stereocenters. The molecule has 0 spiro atoms. The minimum absolute atomic E-state index is 0.378. The second-order valence-corrected chi connectivity index (χ2v) is 4.38. The Kier molecular flexibility index (Phi) is 3.17. The molecular weight excluding hydrogens is 200 g/mol. The molecule has 0 aromatic heterocycles. The van der Waals surface area contributed by atoms with E-state index in [1.165, 1.54) is 0 Å². The van der Waals surface area contributed by atoms with Crippen molar-refractivity contribution in [2.75, 3.05) is 0 Å². The van der Waals surface area contributed by atoms with Crippen LogP contribution in [0.1, 0.15) is 31.1 Å². The van der Waals surface area contributed by atoms with E-state index in [4.69, 9.17) is 16.3 Å². The van der Waals surface area contributed by atoms with Crippen molar-refractivity contribution in [3.05, 3.63) is 34.9 Å². The molecule has 0 fully saturated rings. The molecular formula is C11H12ClO2. The highest BCUT2D eigenvalue weighted by Crippen LogP contribution is 2.15. The first-order valence-electron chi connectivity index (χ1n) is 4.28. The van der Waals surface area contributed by atoms with Crippen LogP contribution in [0.15, 0.2) is 18.2 Å². The molecule has 0 aliphatic carbocycles. The van der Waals surface area contributed by atoms with Crippen LogP contribution in [0.2, 0.25) is 5.02 Å². The number of carbonyl (C=O) groups excluding carboxylic acids is 1. The number of rotatable bonds is 1. The smallest absolute Gasteiger partial charge is 0.338 e. The largest absolute Gasteiger partial charge is 0.456 e. The second kappa shape index (κ2) is 4.01. The average molecular weight is 212 g/mol. The van der Waals surface area contributed by atoms with E-state index < -0.39 is 5.60 Å². The lowest BCUT2D eigenvalue weighted by Crippen LogP contribution is -2.23. The van der Waals surface area contributed by atoms with Gasteiger partial charge in [0.1, 0.15) is 5.60 Å². The fourth-order valence-corrected chi connectivity index (χ4v) is 1.08. The van der Waals surface area contributed by atoms with Gasteiger partial charge in [-0.15, -0.1) is 0 Å². The SMILES string of the molecule is CC(C)(C)OC(=O)c1c[c]cc(Cl)c1. The van der Waals surface area contributed by atoms with Gasteiger partial charge in [-0.2, -0.15) is 0 Å². The number of halogens is 1. The molecule has 0 heterocycles. The molecule has 1 aromatic rings. The summed E-state index contributed by atoms with van der Waals surface area (Å²) in [7, 11) is 0. The summed E-state index contributed by atoms with van der Waals surface area (Å²) in [5.41, 5.74) is -0.0632. The Bertz CT molecular complexity index is 339. The highest BCUT2D eigenvalue weighted by atomic mass is 35.5. The van der Waals surface area contributed by atoms with Crippen molar-refractivity contribution in [3.63, 3.8) is 0 Å². The Balaban J connectivity index is 2.80. The minimum Gasteiger partial charge on any atom is -0.456 e. The van der Waals surface area contributed by atoms with Crippen LogP contribution in [0.5, 0.6) is 0 Å². The van der Waals surface area contributed by atoms with Crippen molar-refractivity contribution in [1.29, 1.82) is 0 Å². The van der Waals surface area contributed by atoms with E-state index in [1.807, 2.05) is 20.8 Å².